The Morgan fingerprint density at radius 1 is 1.25 bits per heavy atom. The summed E-state index contributed by atoms with van der Waals surface area (Å²) in [7, 11) is 1.78. The summed E-state index contributed by atoms with van der Waals surface area (Å²) in [5.41, 5.74) is 0.863. The van der Waals surface area contributed by atoms with Crippen LogP contribution in [0.4, 0.5) is 0 Å². The Hall–Kier alpha value is -1.91. The van der Waals surface area contributed by atoms with E-state index in [0.717, 1.165) is 5.69 Å². The van der Waals surface area contributed by atoms with Crippen molar-refractivity contribution in [3.8, 4) is 0 Å². The fourth-order valence-corrected chi connectivity index (χ4v) is 2.71. The molecule has 0 aliphatic heterocycles. The zero-order chi connectivity index (χ0) is 14.5. The topological polar surface area (TPSA) is 70.5 Å². The van der Waals surface area contributed by atoms with Crippen LogP contribution in [-0.4, -0.2) is 33.9 Å². The van der Waals surface area contributed by atoms with Crippen molar-refractivity contribution >= 4 is 11.9 Å². The lowest BCUT2D eigenvalue weighted by atomic mass is 9.81. The number of aliphatic carboxylic acids is 1. The summed E-state index contributed by atoms with van der Waals surface area (Å²) in [6.07, 6.45) is 4.25. The highest BCUT2D eigenvalue weighted by atomic mass is 16.4. The Morgan fingerprint density at radius 2 is 1.90 bits per heavy atom. The quantitative estimate of drug-likeness (QED) is 0.912. The number of carbonyl (C=O) groups is 2. The monoisotopic (exact) mass is 276 g/mol. The van der Waals surface area contributed by atoms with Gasteiger partial charge in [0.15, 0.2) is 0 Å². The van der Waals surface area contributed by atoms with E-state index in [9.17, 15) is 9.59 Å². The maximum absolute atomic E-state index is 12.3. The number of aromatic nitrogens is 1. The molecule has 1 aliphatic carbocycles. The first-order valence-corrected chi connectivity index (χ1v) is 6.95. The highest BCUT2D eigenvalue weighted by Crippen LogP contribution is 2.30. The van der Waals surface area contributed by atoms with Crippen molar-refractivity contribution in [2.45, 2.75) is 32.2 Å². The van der Waals surface area contributed by atoms with Crippen LogP contribution in [0.25, 0.3) is 0 Å². The second-order valence-electron chi connectivity index (χ2n) is 5.40. The molecule has 5 heteroatoms. The van der Waals surface area contributed by atoms with Gasteiger partial charge >= 0.3 is 5.97 Å². The molecule has 20 heavy (non-hydrogen) atoms. The van der Waals surface area contributed by atoms with E-state index in [4.69, 9.17) is 5.11 Å². The third-order valence-corrected chi connectivity index (χ3v) is 3.93. The van der Waals surface area contributed by atoms with Gasteiger partial charge in [0.2, 0.25) is 5.91 Å². The molecule has 1 fully saturated rings. The molecule has 0 spiro atoms. The molecular weight excluding hydrogens is 256 g/mol. The number of pyridine rings is 1. The van der Waals surface area contributed by atoms with Crippen LogP contribution >= 0.6 is 0 Å². The summed E-state index contributed by atoms with van der Waals surface area (Å²) >= 11 is 0. The molecule has 0 saturated heterocycles. The van der Waals surface area contributed by atoms with Gasteiger partial charge in [-0.2, -0.15) is 0 Å². The smallest absolute Gasteiger partial charge is 0.306 e. The van der Waals surface area contributed by atoms with Crippen LogP contribution in [0.5, 0.6) is 0 Å². The lowest BCUT2D eigenvalue weighted by Crippen LogP contribution is -2.35. The molecule has 1 aliphatic rings. The van der Waals surface area contributed by atoms with Crippen LogP contribution in [0.3, 0.4) is 0 Å². The van der Waals surface area contributed by atoms with Gasteiger partial charge in [-0.05, 0) is 37.8 Å². The summed E-state index contributed by atoms with van der Waals surface area (Å²) in [4.78, 5) is 29.1. The number of hydrogen-bond donors (Lipinski definition) is 1. The van der Waals surface area contributed by atoms with Crippen LogP contribution in [0, 0.1) is 11.8 Å². The first-order valence-electron chi connectivity index (χ1n) is 6.95. The van der Waals surface area contributed by atoms with Gasteiger partial charge in [0.05, 0.1) is 18.2 Å². The number of rotatable bonds is 4. The SMILES string of the molecule is CN(Cc1ccccn1)C(=O)C1CCC(C(=O)O)CC1. The van der Waals surface area contributed by atoms with E-state index in [1.165, 1.54) is 0 Å². The molecule has 0 radical (unpaired) electrons. The standard InChI is InChI=1S/C15H20N2O3/c1-17(10-13-4-2-3-9-16-13)14(18)11-5-7-12(8-6-11)15(19)20/h2-4,9,11-12H,5-8,10H2,1H3,(H,19,20). The average molecular weight is 276 g/mol. The van der Waals surface area contributed by atoms with E-state index in [-0.39, 0.29) is 17.7 Å². The molecule has 2 rings (SSSR count). The highest BCUT2D eigenvalue weighted by molar-refractivity contribution is 5.79. The van der Waals surface area contributed by atoms with E-state index in [0.29, 0.717) is 32.2 Å². The minimum absolute atomic E-state index is 0.0423. The molecular formula is C15H20N2O3. The van der Waals surface area contributed by atoms with Crippen LogP contribution < -0.4 is 0 Å². The Kier molecular flexibility index (Phi) is 4.71. The minimum Gasteiger partial charge on any atom is -0.481 e. The summed E-state index contributed by atoms with van der Waals surface area (Å²) in [6, 6.07) is 5.64. The molecule has 1 heterocycles. The first kappa shape index (κ1) is 14.5. The summed E-state index contributed by atoms with van der Waals surface area (Å²) in [6.45, 7) is 0.499. The first-order chi connectivity index (χ1) is 9.58. The second kappa shape index (κ2) is 6.50. The van der Waals surface area contributed by atoms with Gasteiger partial charge in [0.1, 0.15) is 0 Å². The summed E-state index contributed by atoms with van der Waals surface area (Å²) < 4.78 is 0. The number of carbonyl (C=O) groups excluding carboxylic acids is 1. The van der Waals surface area contributed by atoms with Gasteiger partial charge in [0, 0.05) is 19.2 Å². The van der Waals surface area contributed by atoms with Crippen molar-refractivity contribution in [1.29, 1.82) is 0 Å². The van der Waals surface area contributed by atoms with Crippen LogP contribution in [0.2, 0.25) is 0 Å². The maximum Gasteiger partial charge on any atom is 0.306 e. The van der Waals surface area contributed by atoms with Crippen molar-refractivity contribution in [1.82, 2.24) is 9.88 Å². The van der Waals surface area contributed by atoms with E-state index < -0.39 is 5.97 Å². The molecule has 1 saturated carbocycles. The number of carboxylic acid groups (broad SMARTS) is 1. The predicted octanol–water partition coefficient (Wildman–Crippen LogP) is 1.93. The molecule has 108 valence electrons. The van der Waals surface area contributed by atoms with Gasteiger partial charge in [-0.3, -0.25) is 14.6 Å². The zero-order valence-corrected chi connectivity index (χ0v) is 11.7. The van der Waals surface area contributed by atoms with E-state index >= 15 is 0 Å². The Morgan fingerprint density at radius 3 is 2.45 bits per heavy atom. The summed E-state index contributed by atoms with van der Waals surface area (Å²) in [5.74, 6) is -0.961. The molecule has 5 nitrogen and oxygen atoms in total. The van der Waals surface area contributed by atoms with Gasteiger partial charge in [-0.1, -0.05) is 6.07 Å². The molecule has 1 N–H and O–H groups in total. The van der Waals surface area contributed by atoms with E-state index in [1.807, 2.05) is 18.2 Å². The number of nitrogens with zero attached hydrogens (tertiary/aromatic N) is 2. The third-order valence-electron chi connectivity index (χ3n) is 3.93. The maximum atomic E-state index is 12.3. The second-order valence-corrected chi connectivity index (χ2v) is 5.40. The van der Waals surface area contributed by atoms with Crippen LogP contribution in [0.15, 0.2) is 24.4 Å². The Labute approximate surface area is 118 Å². The molecule has 1 aromatic heterocycles. The minimum atomic E-state index is -0.738. The van der Waals surface area contributed by atoms with Gasteiger partial charge in [-0.15, -0.1) is 0 Å². The summed E-state index contributed by atoms with van der Waals surface area (Å²) in [5, 5.41) is 8.96. The molecule has 1 aromatic rings. The van der Waals surface area contributed by atoms with E-state index in [2.05, 4.69) is 4.98 Å². The normalized spacial score (nSPS) is 22.2. The third kappa shape index (κ3) is 3.56. The number of hydrogen-bond acceptors (Lipinski definition) is 3. The molecule has 1 amide bonds. The van der Waals surface area contributed by atoms with Crippen LogP contribution in [-0.2, 0) is 16.1 Å². The van der Waals surface area contributed by atoms with Gasteiger partial charge < -0.3 is 10.0 Å². The lowest BCUT2D eigenvalue weighted by molar-refractivity contribution is -0.145. The van der Waals surface area contributed by atoms with Crippen molar-refractivity contribution in [2.75, 3.05) is 7.05 Å². The largest absolute Gasteiger partial charge is 0.481 e. The van der Waals surface area contributed by atoms with Crippen molar-refractivity contribution in [2.24, 2.45) is 11.8 Å². The van der Waals surface area contributed by atoms with Crippen molar-refractivity contribution < 1.29 is 14.7 Å². The van der Waals surface area contributed by atoms with Crippen molar-refractivity contribution in [3.63, 3.8) is 0 Å². The Bertz CT molecular complexity index is 467. The molecule has 0 bridgehead atoms. The zero-order valence-electron chi connectivity index (χ0n) is 11.7. The number of carboxylic acids is 1. The molecule has 0 aromatic carbocycles. The fraction of sp³-hybridized carbons (Fsp3) is 0.533. The Balaban J connectivity index is 1.87. The van der Waals surface area contributed by atoms with E-state index in [1.54, 1.807) is 18.1 Å². The lowest BCUT2D eigenvalue weighted by Gasteiger charge is -2.28. The van der Waals surface area contributed by atoms with Gasteiger partial charge in [0.25, 0.3) is 0 Å². The predicted molar refractivity (Wildman–Crippen MR) is 73.8 cm³/mol. The average Bonchev–Trinajstić information content (AvgIpc) is 2.47. The molecule has 0 atom stereocenters. The number of amides is 1. The van der Waals surface area contributed by atoms with Gasteiger partial charge in [-0.25, -0.2) is 0 Å². The fourth-order valence-electron chi connectivity index (χ4n) is 2.71. The van der Waals surface area contributed by atoms with Crippen molar-refractivity contribution in [3.05, 3.63) is 30.1 Å². The van der Waals surface area contributed by atoms with Crippen LogP contribution in [0.1, 0.15) is 31.4 Å². The molecule has 0 unspecified atom stereocenters. The highest BCUT2D eigenvalue weighted by Gasteiger charge is 2.31.